The van der Waals surface area contributed by atoms with Crippen LogP contribution in [-0.2, 0) is 5.54 Å². The molecule has 0 N–H and O–H groups in total. The molecule has 0 saturated heterocycles. The van der Waals surface area contributed by atoms with E-state index in [9.17, 15) is 8.78 Å². The van der Waals surface area contributed by atoms with Gasteiger partial charge in [-0.1, -0.05) is 6.07 Å². The Labute approximate surface area is 143 Å². The van der Waals surface area contributed by atoms with Crippen molar-refractivity contribution in [2.45, 2.75) is 37.1 Å². The second-order valence-corrected chi connectivity index (χ2v) is 6.91. The molecule has 0 radical (unpaired) electrons. The van der Waals surface area contributed by atoms with Crippen molar-refractivity contribution in [1.82, 2.24) is 19.7 Å². The largest absolute Gasteiger partial charge is 0.326 e. The highest BCUT2D eigenvalue weighted by Gasteiger charge is 2.47. The summed E-state index contributed by atoms with van der Waals surface area (Å²) in [6, 6.07) is 5.69. The van der Waals surface area contributed by atoms with Gasteiger partial charge in [0.05, 0.1) is 28.8 Å². The summed E-state index contributed by atoms with van der Waals surface area (Å²) >= 11 is 0. The Hall–Kier alpha value is -2.63. The highest BCUT2D eigenvalue weighted by molar-refractivity contribution is 5.62. The number of halogens is 2. The van der Waals surface area contributed by atoms with E-state index in [1.54, 1.807) is 6.20 Å². The van der Waals surface area contributed by atoms with E-state index in [0.29, 0.717) is 5.92 Å². The van der Waals surface area contributed by atoms with Crippen LogP contribution in [0.2, 0.25) is 0 Å². The van der Waals surface area contributed by atoms with Crippen LogP contribution in [0.15, 0.2) is 43.0 Å². The Morgan fingerprint density at radius 3 is 2.52 bits per heavy atom. The lowest BCUT2D eigenvalue weighted by Crippen LogP contribution is -2.44. The van der Waals surface area contributed by atoms with Gasteiger partial charge in [0.2, 0.25) is 0 Å². The van der Waals surface area contributed by atoms with Crippen molar-refractivity contribution >= 4 is 0 Å². The Kier molecular flexibility index (Phi) is 3.04. The number of rotatable bonds is 2. The van der Waals surface area contributed by atoms with E-state index in [2.05, 4.69) is 19.7 Å². The zero-order valence-electron chi connectivity index (χ0n) is 13.5. The molecule has 0 aliphatic heterocycles. The molecule has 6 rings (SSSR count). The van der Waals surface area contributed by atoms with Gasteiger partial charge in [-0.05, 0) is 55.4 Å². The van der Waals surface area contributed by atoms with E-state index in [0.717, 1.165) is 36.9 Å². The number of aromatic nitrogens is 4. The first-order valence-electron chi connectivity index (χ1n) is 8.50. The van der Waals surface area contributed by atoms with Crippen LogP contribution in [0.3, 0.4) is 0 Å². The van der Waals surface area contributed by atoms with E-state index in [1.807, 2.05) is 18.6 Å². The minimum absolute atomic E-state index is 0.101. The highest BCUT2D eigenvalue weighted by atomic mass is 19.1. The zero-order valence-corrected chi connectivity index (χ0v) is 13.5. The zero-order chi connectivity index (χ0) is 17.0. The average Bonchev–Trinajstić information content (AvgIpc) is 3.18. The summed E-state index contributed by atoms with van der Waals surface area (Å²) in [6.07, 6.45) is 9.60. The molecule has 1 fully saturated rings. The molecule has 6 heteroatoms. The van der Waals surface area contributed by atoms with Gasteiger partial charge in [-0.3, -0.25) is 0 Å². The van der Waals surface area contributed by atoms with Crippen LogP contribution >= 0.6 is 0 Å². The van der Waals surface area contributed by atoms with E-state index in [4.69, 9.17) is 0 Å². The first-order valence-corrected chi connectivity index (χ1v) is 8.50. The van der Waals surface area contributed by atoms with Gasteiger partial charge < -0.3 is 4.57 Å². The highest BCUT2D eigenvalue weighted by Crippen LogP contribution is 2.53. The van der Waals surface area contributed by atoms with Gasteiger partial charge in [0.15, 0.2) is 0 Å². The first kappa shape index (κ1) is 14.7. The molecule has 2 heterocycles. The number of hydrogen-bond acceptors (Lipinski definition) is 3. The molecule has 2 aromatic heterocycles. The molecule has 0 amide bonds. The predicted octanol–water partition coefficient (Wildman–Crippen LogP) is 4.03. The summed E-state index contributed by atoms with van der Waals surface area (Å²) in [6.45, 7) is 0. The number of fused-ring (bicyclic) bond motifs is 2. The molecule has 25 heavy (non-hydrogen) atoms. The van der Waals surface area contributed by atoms with Gasteiger partial charge in [-0.2, -0.15) is 5.10 Å². The third-order valence-electron chi connectivity index (χ3n) is 5.73. The van der Waals surface area contributed by atoms with Crippen LogP contribution in [0.1, 0.15) is 42.9 Å². The van der Waals surface area contributed by atoms with Crippen molar-refractivity contribution in [2.24, 2.45) is 0 Å². The molecule has 126 valence electrons. The average molecular weight is 338 g/mol. The van der Waals surface area contributed by atoms with E-state index >= 15 is 0 Å². The molecule has 3 aromatic rings. The van der Waals surface area contributed by atoms with Gasteiger partial charge in [-0.15, -0.1) is 5.10 Å². The van der Waals surface area contributed by atoms with Crippen LogP contribution in [0, 0.1) is 11.6 Å². The van der Waals surface area contributed by atoms with E-state index in [1.165, 1.54) is 18.2 Å². The first-order chi connectivity index (χ1) is 12.2. The minimum Gasteiger partial charge on any atom is -0.326 e. The Morgan fingerprint density at radius 2 is 1.84 bits per heavy atom. The maximum Gasteiger partial charge on any atom is 0.135 e. The van der Waals surface area contributed by atoms with Gasteiger partial charge >= 0.3 is 0 Å². The van der Waals surface area contributed by atoms with Gasteiger partial charge in [-0.25, -0.2) is 13.8 Å². The van der Waals surface area contributed by atoms with Crippen LogP contribution < -0.4 is 0 Å². The van der Waals surface area contributed by atoms with Crippen molar-refractivity contribution < 1.29 is 8.78 Å². The molecule has 4 nitrogen and oxygen atoms in total. The molecule has 0 atom stereocenters. The summed E-state index contributed by atoms with van der Waals surface area (Å²) in [4.78, 5) is 4.18. The van der Waals surface area contributed by atoms with Crippen LogP contribution in [0.5, 0.6) is 0 Å². The molecule has 1 aromatic carbocycles. The summed E-state index contributed by atoms with van der Waals surface area (Å²) < 4.78 is 30.4. The van der Waals surface area contributed by atoms with Gasteiger partial charge in [0.25, 0.3) is 0 Å². The fourth-order valence-electron chi connectivity index (χ4n) is 4.48. The maximum atomic E-state index is 14.1. The lowest BCUT2D eigenvalue weighted by Gasteiger charge is -2.47. The van der Waals surface area contributed by atoms with E-state index in [-0.39, 0.29) is 16.8 Å². The lowest BCUT2D eigenvalue weighted by atomic mass is 9.64. The normalized spacial score (nSPS) is 24.3. The molecule has 1 saturated carbocycles. The third-order valence-corrected chi connectivity index (χ3v) is 5.73. The molecule has 3 aliphatic rings. The number of hydrogen-bond donors (Lipinski definition) is 0. The molecule has 2 bridgehead atoms. The second-order valence-electron chi connectivity index (χ2n) is 6.91. The summed E-state index contributed by atoms with van der Waals surface area (Å²) in [5.41, 5.74) is 1.92. The van der Waals surface area contributed by atoms with Gasteiger partial charge in [0.1, 0.15) is 11.6 Å². The van der Waals surface area contributed by atoms with Crippen molar-refractivity contribution in [3.05, 3.63) is 65.9 Å². The van der Waals surface area contributed by atoms with Crippen LogP contribution in [0.4, 0.5) is 8.78 Å². The van der Waals surface area contributed by atoms with Crippen molar-refractivity contribution in [1.29, 1.82) is 0 Å². The molecular weight excluding hydrogens is 322 g/mol. The van der Waals surface area contributed by atoms with Gasteiger partial charge in [0, 0.05) is 12.4 Å². The summed E-state index contributed by atoms with van der Waals surface area (Å²) in [7, 11) is 0. The van der Waals surface area contributed by atoms with Crippen LogP contribution in [0.25, 0.3) is 11.3 Å². The second kappa shape index (κ2) is 5.18. The molecular formula is C19H16F2N4. The van der Waals surface area contributed by atoms with Crippen LogP contribution in [-0.4, -0.2) is 19.7 Å². The predicted molar refractivity (Wildman–Crippen MR) is 87.9 cm³/mol. The summed E-state index contributed by atoms with van der Waals surface area (Å²) in [5.74, 6) is -0.844. The lowest BCUT2D eigenvalue weighted by molar-refractivity contribution is 0.189. The topological polar surface area (TPSA) is 43.6 Å². The Balaban J connectivity index is 1.70. The number of nitrogens with zero attached hydrogens (tertiary/aromatic N) is 4. The fraction of sp³-hybridized carbons (Fsp3) is 0.316. The fourth-order valence-corrected chi connectivity index (χ4v) is 4.48. The maximum absolute atomic E-state index is 14.1. The Bertz CT molecular complexity index is 924. The standard InChI is InChI=1S/C19H16F2N4/c20-14-2-1-3-15(21)17(14)16-10-13-12-4-6-19(7-5-12,18(13)24-23-16)25-9-8-22-11-25/h1-3,8-12H,4-7H2/t12-,19-. The SMILES string of the molecule is Fc1cccc(F)c1-c1cc2c(nn1)[C@]1(n3ccnc3)CC[C@H]2CC1. The quantitative estimate of drug-likeness (QED) is 0.708. The molecule has 0 spiro atoms. The molecule has 3 aliphatic carbocycles. The van der Waals surface area contributed by atoms with Crippen molar-refractivity contribution in [2.75, 3.05) is 0 Å². The molecule has 0 unspecified atom stereocenters. The van der Waals surface area contributed by atoms with Crippen molar-refractivity contribution in [3.8, 4) is 11.3 Å². The number of benzene rings is 1. The van der Waals surface area contributed by atoms with Crippen molar-refractivity contribution in [3.63, 3.8) is 0 Å². The minimum atomic E-state index is -0.612. The smallest absolute Gasteiger partial charge is 0.135 e. The van der Waals surface area contributed by atoms with E-state index < -0.39 is 11.6 Å². The summed E-state index contributed by atoms with van der Waals surface area (Å²) in [5, 5.41) is 8.65. The monoisotopic (exact) mass is 338 g/mol. The Morgan fingerprint density at radius 1 is 1.08 bits per heavy atom. The number of imidazole rings is 1. The third kappa shape index (κ3) is 2.00.